The minimum absolute atomic E-state index is 0.0627. The van der Waals surface area contributed by atoms with Crippen LogP contribution in [0.5, 0.6) is 0 Å². The molecule has 150 valence electrons. The van der Waals surface area contributed by atoms with Crippen LogP contribution in [0.3, 0.4) is 0 Å². The lowest BCUT2D eigenvalue weighted by Gasteiger charge is -2.23. The Morgan fingerprint density at radius 2 is 1.82 bits per heavy atom. The van der Waals surface area contributed by atoms with Crippen molar-refractivity contribution in [1.29, 1.82) is 0 Å². The number of nitrogens with one attached hydrogen (secondary N) is 1. The van der Waals surface area contributed by atoms with Crippen LogP contribution in [0.2, 0.25) is 0 Å². The van der Waals surface area contributed by atoms with Gasteiger partial charge in [-0.05, 0) is 62.9 Å². The van der Waals surface area contributed by atoms with E-state index in [0.717, 1.165) is 25.1 Å². The monoisotopic (exact) mass is 419 g/mol. The number of thiophene rings is 1. The molecule has 3 heterocycles. The van der Waals surface area contributed by atoms with Crippen molar-refractivity contribution >= 4 is 33.0 Å². The second-order valence-corrected chi connectivity index (χ2v) is 10.1. The fourth-order valence-electron chi connectivity index (χ4n) is 3.97. The minimum Gasteiger partial charge on any atom is -0.336 e. The van der Waals surface area contributed by atoms with Gasteiger partial charge in [-0.25, -0.2) is 8.42 Å². The van der Waals surface area contributed by atoms with Gasteiger partial charge in [0.15, 0.2) is 0 Å². The SMILES string of the molecule is Cc1ccc(NS(=O)(=O)c2ccsc2C(=O)N2CCC(N3CCCC3)C2)cc1. The molecule has 1 amide bonds. The summed E-state index contributed by atoms with van der Waals surface area (Å²) in [6, 6.07) is 9.06. The van der Waals surface area contributed by atoms with Crippen molar-refractivity contribution in [2.24, 2.45) is 0 Å². The maximum Gasteiger partial charge on any atom is 0.265 e. The van der Waals surface area contributed by atoms with Gasteiger partial charge in [0.2, 0.25) is 0 Å². The third-order valence-corrected chi connectivity index (χ3v) is 7.98. The number of anilines is 1. The summed E-state index contributed by atoms with van der Waals surface area (Å²) >= 11 is 1.19. The van der Waals surface area contributed by atoms with Gasteiger partial charge in [-0.1, -0.05) is 17.7 Å². The number of likely N-dealkylation sites (tertiary alicyclic amines) is 2. The van der Waals surface area contributed by atoms with Gasteiger partial charge in [0, 0.05) is 24.8 Å². The highest BCUT2D eigenvalue weighted by Crippen LogP contribution is 2.28. The maximum absolute atomic E-state index is 13.1. The Balaban J connectivity index is 1.50. The molecule has 8 heteroatoms. The summed E-state index contributed by atoms with van der Waals surface area (Å²) in [5.74, 6) is -0.180. The van der Waals surface area contributed by atoms with Crippen molar-refractivity contribution in [3.63, 3.8) is 0 Å². The molecule has 0 spiro atoms. The van der Waals surface area contributed by atoms with E-state index in [1.807, 2.05) is 19.1 Å². The van der Waals surface area contributed by atoms with E-state index in [-0.39, 0.29) is 10.8 Å². The fourth-order valence-corrected chi connectivity index (χ4v) is 6.42. The zero-order chi connectivity index (χ0) is 19.7. The lowest BCUT2D eigenvalue weighted by molar-refractivity contribution is 0.0781. The third-order valence-electron chi connectivity index (χ3n) is 5.52. The molecule has 0 radical (unpaired) electrons. The first-order valence-electron chi connectivity index (χ1n) is 9.64. The van der Waals surface area contributed by atoms with E-state index in [2.05, 4.69) is 9.62 Å². The van der Waals surface area contributed by atoms with Crippen LogP contribution < -0.4 is 4.72 Å². The maximum atomic E-state index is 13.1. The molecular weight excluding hydrogens is 394 g/mol. The van der Waals surface area contributed by atoms with Crippen LogP contribution in [0.4, 0.5) is 5.69 Å². The largest absolute Gasteiger partial charge is 0.336 e. The molecule has 1 N–H and O–H groups in total. The predicted molar refractivity (Wildman–Crippen MR) is 111 cm³/mol. The van der Waals surface area contributed by atoms with Crippen molar-refractivity contribution in [1.82, 2.24) is 9.80 Å². The average molecular weight is 420 g/mol. The number of hydrogen-bond acceptors (Lipinski definition) is 5. The summed E-state index contributed by atoms with van der Waals surface area (Å²) in [6.07, 6.45) is 3.41. The molecule has 2 saturated heterocycles. The predicted octanol–water partition coefficient (Wildman–Crippen LogP) is 3.17. The molecule has 0 aliphatic carbocycles. The van der Waals surface area contributed by atoms with Crippen molar-refractivity contribution in [2.45, 2.75) is 37.1 Å². The van der Waals surface area contributed by atoms with Crippen LogP contribution in [0.1, 0.15) is 34.5 Å². The van der Waals surface area contributed by atoms with Gasteiger partial charge in [0.1, 0.15) is 9.77 Å². The molecule has 1 aromatic heterocycles. The van der Waals surface area contributed by atoms with E-state index in [1.165, 1.54) is 30.2 Å². The number of benzene rings is 1. The van der Waals surface area contributed by atoms with Crippen molar-refractivity contribution < 1.29 is 13.2 Å². The van der Waals surface area contributed by atoms with Crippen LogP contribution in [-0.2, 0) is 10.0 Å². The molecule has 1 atom stereocenters. The van der Waals surface area contributed by atoms with Crippen LogP contribution in [0, 0.1) is 6.92 Å². The van der Waals surface area contributed by atoms with E-state index in [0.29, 0.717) is 29.7 Å². The standard InChI is InChI=1S/C20H25N3O3S2/c1-15-4-6-16(7-5-15)21-28(25,26)18-9-13-27-19(18)20(24)23-12-8-17(14-23)22-10-2-3-11-22/h4-7,9,13,17,21H,2-3,8,10-12,14H2,1H3. The number of aryl methyl sites for hydroxylation is 1. The van der Waals surface area contributed by atoms with E-state index >= 15 is 0 Å². The molecule has 1 aromatic carbocycles. The highest BCUT2D eigenvalue weighted by atomic mass is 32.2. The van der Waals surface area contributed by atoms with Crippen LogP contribution in [-0.4, -0.2) is 56.3 Å². The molecular formula is C20H25N3O3S2. The van der Waals surface area contributed by atoms with Gasteiger partial charge in [0.25, 0.3) is 15.9 Å². The van der Waals surface area contributed by atoms with E-state index in [9.17, 15) is 13.2 Å². The Hall–Kier alpha value is -1.90. The van der Waals surface area contributed by atoms with Crippen molar-refractivity contribution in [2.75, 3.05) is 30.9 Å². The summed E-state index contributed by atoms with van der Waals surface area (Å²) in [7, 11) is -3.81. The Labute approximate surface area is 170 Å². The number of amides is 1. The molecule has 2 aliphatic heterocycles. The summed E-state index contributed by atoms with van der Waals surface area (Å²) < 4.78 is 28.3. The molecule has 1 unspecified atom stereocenters. The minimum atomic E-state index is -3.81. The Bertz CT molecular complexity index is 947. The Morgan fingerprint density at radius 3 is 2.54 bits per heavy atom. The number of carbonyl (C=O) groups is 1. The van der Waals surface area contributed by atoms with Crippen LogP contribution in [0.15, 0.2) is 40.6 Å². The first-order valence-corrected chi connectivity index (χ1v) is 12.0. The van der Waals surface area contributed by atoms with Crippen molar-refractivity contribution in [3.8, 4) is 0 Å². The summed E-state index contributed by atoms with van der Waals surface area (Å²) in [5.41, 5.74) is 1.54. The third kappa shape index (κ3) is 3.94. The second kappa shape index (κ2) is 7.85. The number of sulfonamides is 1. The number of carbonyl (C=O) groups excluding carboxylic acids is 1. The number of rotatable bonds is 5. The molecule has 6 nitrogen and oxygen atoms in total. The smallest absolute Gasteiger partial charge is 0.265 e. The number of hydrogen-bond donors (Lipinski definition) is 1. The second-order valence-electron chi connectivity index (χ2n) is 7.52. The van der Waals surface area contributed by atoms with Gasteiger partial charge < -0.3 is 4.90 Å². The fraction of sp³-hybridized carbons (Fsp3) is 0.450. The molecule has 28 heavy (non-hydrogen) atoms. The average Bonchev–Trinajstić information content (AvgIpc) is 3.42. The molecule has 2 fully saturated rings. The number of nitrogens with zero attached hydrogens (tertiary/aromatic N) is 2. The van der Waals surface area contributed by atoms with Crippen LogP contribution in [0.25, 0.3) is 0 Å². The Morgan fingerprint density at radius 1 is 1.11 bits per heavy atom. The lowest BCUT2D eigenvalue weighted by atomic mass is 10.2. The molecule has 0 bridgehead atoms. The van der Waals surface area contributed by atoms with Gasteiger partial charge in [-0.15, -0.1) is 11.3 Å². The van der Waals surface area contributed by atoms with Crippen LogP contribution >= 0.6 is 11.3 Å². The normalized spacial score (nSPS) is 20.6. The Kier molecular flexibility index (Phi) is 5.44. The molecule has 4 rings (SSSR count). The van der Waals surface area contributed by atoms with Gasteiger partial charge in [-0.2, -0.15) is 0 Å². The first-order chi connectivity index (χ1) is 13.4. The van der Waals surface area contributed by atoms with E-state index < -0.39 is 10.0 Å². The van der Waals surface area contributed by atoms with E-state index in [1.54, 1.807) is 22.4 Å². The molecule has 2 aliphatic rings. The molecule has 0 saturated carbocycles. The summed E-state index contributed by atoms with van der Waals surface area (Å²) in [6.45, 7) is 5.52. The van der Waals surface area contributed by atoms with Gasteiger partial charge >= 0.3 is 0 Å². The summed E-state index contributed by atoms with van der Waals surface area (Å²) in [4.78, 5) is 17.7. The van der Waals surface area contributed by atoms with Crippen molar-refractivity contribution in [3.05, 3.63) is 46.2 Å². The lowest BCUT2D eigenvalue weighted by Crippen LogP contribution is -2.37. The quantitative estimate of drug-likeness (QED) is 0.808. The van der Waals surface area contributed by atoms with E-state index in [4.69, 9.17) is 0 Å². The topological polar surface area (TPSA) is 69.7 Å². The first kappa shape index (κ1) is 19.4. The summed E-state index contributed by atoms with van der Waals surface area (Å²) in [5, 5.41) is 1.67. The highest BCUT2D eigenvalue weighted by Gasteiger charge is 2.34. The zero-order valence-corrected chi connectivity index (χ0v) is 17.6. The van der Waals surface area contributed by atoms with Gasteiger partial charge in [-0.3, -0.25) is 14.4 Å². The van der Waals surface area contributed by atoms with Gasteiger partial charge in [0.05, 0.1) is 0 Å². The highest BCUT2D eigenvalue weighted by molar-refractivity contribution is 7.93. The zero-order valence-electron chi connectivity index (χ0n) is 15.9. The molecule has 2 aromatic rings.